The third kappa shape index (κ3) is 3.54. The van der Waals surface area contributed by atoms with Crippen LogP contribution in [0.15, 0.2) is 12.8 Å². The van der Waals surface area contributed by atoms with Crippen LogP contribution in [-0.2, 0) is 0 Å². The van der Waals surface area contributed by atoms with Crippen LogP contribution in [0.3, 0.4) is 0 Å². The molecule has 0 aliphatic carbocycles. The van der Waals surface area contributed by atoms with Crippen LogP contribution in [0.5, 0.6) is 0 Å². The van der Waals surface area contributed by atoms with E-state index in [2.05, 4.69) is 18.8 Å². The van der Waals surface area contributed by atoms with Gasteiger partial charge in [-0.3, -0.25) is 0 Å². The molecule has 0 aromatic heterocycles. The Kier molecular flexibility index (Phi) is 4.19. The molecule has 0 amide bonds. The van der Waals surface area contributed by atoms with Gasteiger partial charge in [0.25, 0.3) is 0 Å². The number of hydrogen-bond donors (Lipinski definition) is 1. The summed E-state index contributed by atoms with van der Waals surface area (Å²) in [4.78, 5) is 0. The quantitative estimate of drug-likeness (QED) is 0.506. The molecule has 0 saturated carbocycles. The summed E-state index contributed by atoms with van der Waals surface area (Å²) in [6.07, 6.45) is 2.88. The van der Waals surface area contributed by atoms with Crippen LogP contribution in [0.1, 0.15) is 13.3 Å². The van der Waals surface area contributed by atoms with E-state index in [4.69, 9.17) is 0 Å². The molecule has 36 valence electrons. The maximum absolute atomic E-state index is 3.49. The fourth-order valence-electron chi connectivity index (χ4n) is 0.246. The largest absolute Gasteiger partial charge is 0.391 e. The fraction of sp³-hybridized carbons (Fsp3) is 0.600. The Balaban J connectivity index is 2.49. The topological polar surface area (TPSA) is 12.0 Å². The molecule has 0 saturated heterocycles. The summed E-state index contributed by atoms with van der Waals surface area (Å²) >= 11 is 0. The molecule has 0 rings (SSSR count). The van der Waals surface area contributed by atoms with Crippen LogP contribution in [0.4, 0.5) is 0 Å². The minimum Gasteiger partial charge on any atom is -0.391 e. The molecule has 0 heterocycles. The highest BCUT2D eigenvalue weighted by Crippen LogP contribution is 1.65. The molecule has 1 nitrogen and oxygen atoms in total. The highest BCUT2D eigenvalue weighted by atomic mass is 14.8. The Morgan fingerprint density at radius 3 is 2.67 bits per heavy atom. The van der Waals surface area contributed by atoms with Crippen molar-refractivity contribution in [3.8, 4) is 0 Å². The van der Waals surface area contributed by atoms with Crippen molar-refractivity contribution in [1.29, 1.82) is 0 Å². The maximum Gasteiger partial charge on any atom is 0.0138 e. The van der Waals surface area contributed by atoms with Gasteiger partial charge in [0.2, 0.25) is 0 Å². The van der Waals surface area contributed by atoms with Gasteiger partial charge in [-0.2, -0.15) is 0 Å². The second-order valence-electron chi connectivity index (χ2n) is 1.16. The fourth-order valence-corrected chi connectivity index (χ4v) is 0.246. The zero-order valence-electron chi connectivity index (χ0n) is 4.20. The van der Waals surface area contributed by atoms with E-state index in [0.717, 1.165) is 6.54 Å². The Bertz CT molecular complexity index is 32.9. The second-order valence-corrected chi connectivity index (χ2v) is 1.16. The molecule has 1 N–H and O–H groups in total. The van der Waals surface area contributed by atoms with E-state index in [1.54, 1.807) is 6.20 Å². The summed E-state index contributed by atoms with van der Waals surface area (Å²) in [7, 11) is 0. The molecule has 1 heteroatoms. The standard InChI is InChI=1S/C5H11N/c1-3-5-6-4-2/h4,6H,2-3,5H2,1H3. The van der Waals surface area contributed by atoms with Gasteiger partial charge in [-0.05, 0) is 12.6 Å². The lowest BCUT2D eigenvalue weighted by Gasteiger charge is -1.89. The first-order chi connectivity index (χ1) is 2.91. The summed E-state index contributed by atoms with van der Waals surface area (Å²) in [5, 5.41) is 2.96. The summed E-state index contributed by atoms with van der Waals surface area (Å²) in [6.45, 7) is 6.65. The van der Waals surface area contributed by atoms with Gasteiger partial charge in [-0.1, -0.05) is 13.5 Å². The SMILES string of the molecule is C=CNCCC. The van der Waals surface area contributed by atoms with Crippen LogP contribution in [0.25, 0.3) is 0 Å². The Morgan fingerprint density at radius 1 is 1.83 bits per heavy atom. The summed E-state index contributed by atoms with van der Waals surface area (Å²) < 4.78 is 0. The molecule has 0 aliphatic heterocycles. The molecular formula is C5H11N. The molecule has 0 unspecified atom stereocenters. The van der Waals surface area contributed by atoms with E-state index < -0.39 is 0 Å². The van der Waals surface area contributed by atoms with Gasteiger partial charge >= 0.3 is 0 Å². The third-order valence-electron chi connectivity index (χ3n) is 0.539. The molecule has 0 atom stereocenters. The lowest BCUT2D eigenvalue weighted by Crippen LogP contribution is -2.03. The summed E-state index contributed by atoms with van der Waals surface area (Å²) in [6, 6.07) is 0. The van der Waals surface area contributed by atoms with Crippen molar-refractivity contribution < 1.29 is 0 Å². The zero-order valence-corrected chi connectivity index (χ0v) is 4.20. The van der Waals surface area contributed by atoms with Crippen molar-refractivity contribution in [2.75, 3.05) is 6.54 Å². The Hall–Kier alpha value is -0.460. The van der Waals surface area contributed by atoms with E-state index >= 15 is 0 Å². The van der Waals surface area contributed by atoms with Gasteiger partial charge in [0.1, 0.15) is 0 Å². The first-order valence-electron chi connectivity index (χ1n) is 2.26. The number of rotatable bonds is 3. The first kappa shape index (κ1) is 5.54. The molecule has 0 aromatic rings. The summed E-state index contributed by atoms with van der Waals surface area (Å²) in [5.41, 5.74) is 0. The summed E-state index contributed by atoms with van der Waals surface area (Å²) in [5.74, 6) is 0. The monoisotopic (exact) mass is 85.1 g/mol. The van der Waals surface area contributed by atoms with Gasteiger partial charge in [0.05, 0.1) is 0 Å². The van der Waals surface area contributed by atoms with E-state index in [0.29, 0.717) is 0 Å². The van der Waals surface area contributed by atoms with Crippen LogP contribution in [-0.4, -0.2) is 6.54 Å². The molecule has 6 heavy (non-hydrogen) atoms. The molecule has 0 fully saturated rings. The van der Waals surface area contributed by atoms with Crippen molar-refractivity contribution >= 4 is 0 Å². The van der Waals surface area contributed by atoms with Crippen molar-refractivity contribution in [2.45, 2.75) is 13.3 Å². The number of nitrogens with one attached hydrogen (secondary N) is 1. The lowest BCUT2D eigenvalue weighted by molar-refractivity contribution is 0.811. The van der Waals surface area contributed by atoms with Crippen LogP contribution in [0, 0.1) is 0 Å². The molecular weight excluding hydrogens is 74.1 g/mol. The Morgan fingerprint density at radius 2 is 2.50 bits per heavy atom. The van der Waals surface area contributed by atoms with E-state index in [1.807, 2.05) is 0 Å². The van der Waals surface area contributed by atoms with Crippen LogP contribution >= 0.6 is 0 Å². The second kappa shape index (κ2) is 4.54. The maximum atomic E-state index is 3.49. The molecule has 0 aromatic carbocycles. The predicted octanol–water partition coefficient (Wildman–Crippen LogP) is 1.13. The van der Waals surface area contributed by atoms with Crippen LogP contribution in [0.2, 0.25) is 0 Å². The highest BCUT2D eigenvalue weighted by Gasteiger charge is 1.66. The average Bonchev–Trinajstić information content (AvgIpc) is 1.61. The normalized spacial score (nSPS) is 7.50. The van der Waals surface area contributed by atoms with Crippen LogP contribution < -0.4 is 5.32 Å². The van der Waals surface area contributed by atoms with Gasteiger partial charge in [-0.15, -0.1) is 0 Å². The van der Waals surface area contributed by atoms with Crippen molar-refractivity contribution in [2.24, 2.45) is 0 Å². The lowest BCUT2D eigenvalue weighted by atomic mass is 10.5. The number of hydrogen-bond acceptors (Lipinski definition) is 1. The molecule has 0 aliphatic rings. The van der Waals surface area contributed by atoms with Crippen molar-refractivity contribution in [1.82, 2.24) is 5.32 Å². The van der Waals surface area contributed by atoms with Gasteiger partial charge < -0.3 is 5.32 Å². The Labute approximate surface area is 39.1 Å². The molecule has 0 radical (unpaired) electrons. The first-order valence-corrected chi connectivity index (χ1v) is 2.26. The zero-order chi connectivity index (χ0) is 4.83. The van der Waals surface area contributed by atoms with Gasteiger partial charge in [0.15, 0.2) is 0 Å². The van der Waals surface area contributed by atoms with E-state index in [9.17, 15) is 0 Å². The van der Waals surface area contributed by atoms with E-state index in [1.165, 1.54) is 6.42 Å². The van der Waals surface area contributed by atoms with Crippen molar-refractivity contribution in [3.63, 3.8) is 0 Å². The minimum atomic E-state index is 1.05. The minimum absolute atomic E-state index is 1.05. The average molecular weight is 85.2 g/mol. The predicted molar refractivity (Wildman–Crippen MR) is 28.5 cm³/mol. The van der Waals surface area contributed by atoms with Crippen molar-refractivity contribution in [3.05, 3.63) is 12.8 Å². The van der Waals surface area contributed by atoms with E-state index in [-0.39, 0.29) is 0 Å². The molecule has 0 spiro atoms. The highest BCUT2D eigenvalue weighted by molar-refractivity contribution is 4.60. The smallest absolute Gasteiger partial charge is 0.0138 e. The third-order valence-corrected chi connectivity index (χ3v) is 0.539. The van der Waals surface area contributed by atoms with Gasteiger partial charge in [-0.25, -0.2) is 0 Å². The van der Waals surface area contributed by atoms with Gasteiger partial charge in [0, 0.05) is 6.54 Å². The molecule has 0 bridgehead atoms.